The van der Waals surface area contributed by atoms with Gasteiger partial charge in [0.2, 0.25) is 0 Å². The molecule has 116 valence electrons. The van der Waals surface area contributed by atoms with Crippen molar-refractivity contribution in [1.82, 2.24) is 10.2 Å². The van der Waals surface area contributed by atoms with E-state index in [0.29, 0.717) is 12.1 Å². The van der Waals surface area contributed by atoms with Crippen molar-refractivity contribution >= 4 is 23.2 Å². The van der Waals surface area contributed by atoms with Gasteiger partial charge in [-0.2, -0.15) is 0 Å². The lowest BCUT2D eigenvalue weighted by Gasteiger charge is -2.41. The van der Waals surface area contributed by atoms with E-state index in [1.54, 1.807) is 0 Å². The Kier molecular flexibility index (Phi) is 5.11. The van der Waals surface area contributed by atoms with E-state index in [9.17, 15) is 0 Å². The van der Waals surface area contributed by atoms with Crippen molar-refractivity contribution in [2.45, 2.75) is 51.2 Å². The Balaban J connectivity index is 1.73. The fourth-order valence-corrected chi connectivity index (χ4v) is 3.76. The number of rotatable bonds is 5. The number of piperazine rings is 1. The number of benzene rings is 1. The van der Waals surface area contributed by atoms with Gasteiger partial charge >= 0.3 is 0 Å². The summed E-state index contributed by atoms with van der Waals surface area (Å²) in [5, 5.41) is 5.36. The molecule has 2 unspecified atom stereocenters. The molecule has 2 aliphatic rings. The molecule has 3 rings (SSSR count). The van der Waals surface area contributed by atoms with Gasteiger partial charge in [0, 0.05) is 41.8 Å². The van der Waals surface area contributed by atoms with E-state index < -0.39 is 0 Å². The maximum absolute atomic E-state index is 6.35. The summed E-state index contributed by atoms with van der Waals surface area (Å²) in [7, 11) is 0. The first kappa shape index (κ1) is 15.6. The summed E-state index contributed by atoms with van der Waals surface area (Å²) in [6, 6.07) is 7.06. The first-order chi connectivity index (χ1) is 10.2. The minimum atomic E-state index is 0.611. The minimum Gasteiger partial charge on any atom is -0.311 e. The number of hydrogen-bond acceptors (Lipinski definition) is 2. The molecule has 4 heteroatoms. The van der Waals surface area contributed by atoms with Crippen LogP contribution in [0.3, 0.4) is 0 Å². The Bertz CT molecular complexity index is 488. The Morgan fingerprint density at radius 2 is 2.10 bits per heavy atom. The van der Waals surface area contributed by atoms with Gasteiger partial charge in [0.1, 0.15) is 0 Å². The fourth-order valence-electron chi connectivity index (χ4n) is 3.39. The van der Waals surface area contributed by atoms with Crippen LogP contribution in [0.4, 0.5) is 0 Å². The summed E-state index contributed by atoms with van der Waals surface area (Å²) in [4.78, 5) is 2.61. The Morgan fingerprint density at radius 1 is 1.29 bits per heavy atom. The van der Waals surface area contributed by atoms with Crippen molar-refractivity contribution in [3.8, 4) is 0 Å². The highest BCUT2D eigenvalue weighted by molar-refractivity contribution is 6.33. The molecule has 1 aromatic carbocycles. The zero-order chi connectivity index (χ0) is 14.8. The van der Waals surface area contributed by atoms with E-state index in [2.05, 4.69) is 17.1 Å². The van der Waals surface area contributed by atoms with E-state index in [0.717, 1.165) is 41.2 Å². The van der Waals surface area contributed by atoms with Gasteiger partial charge in [-0.15, -0.1) is 0 Å². The maximum atomic E-state index is 6.35. The van der Waals surface area contributed by atoms with Gasteiger partial charge in [0.25, 0.3) is 0 Å². The molecule has 1 aromatic rings. The third kappa shape index (κ3) is 3.92. The van der Waals surface area contributed by atoms with E-state index >= 15 is 0 Å². The van der Waals surface area contributed by atoms with Gasteiger partial charge in [-0.05, 0) is 48.9 Å². The van der Waals surface area contributed by atoms with Crippen molar-refractivity contribution in [2.24, 2.45) is 5.92 Å². The number of nitrogens with one attached hydrogen (secondary N) is 1. The molecule has 0 bridgehead atoms. The van der Waals surface area contributed by atoms with Crippen molar-refractivity contribution in [3.63, 3.8) is 0 Å². The first-order valence-corrected chi connectivity index (χ1v) is 8.84. The van der Waals surface area contributed by atoms with Crippen LogP contribution in [-0.4, -0.2) is 30.1 Å². The zero-order valence-electron chi connectivity index (χ0n) is 12.6. The van der Waals surface area contributed by atoms with Crippen molar-refractivity contribution in [2.75, 3.05) is 13.1 Å². The second-order valence-corrected chi connectivity index (χ2v) is 7.30. The van der Waals surface area contributed by atoms with Crippen LogP contribution in [0.5, 0.6) is 0 Å². The quantitative estimate of drug-likeness (QED) is 0.865. The Labute approximate surface area is 137 Å². The molecule has 2 nitrogen and oxygen atoms in total. The number of halogens is 2. The van der Waals surface area contributed by atoms with Gasteiger partial charge < -0.3 is 5.32 Å². The Hall–Kier alpha value is -0.280. The fraction of sp³-hybridized carbons (Fsp3) is 0.647. The highest BCUT2D eigenvalue weighted by Crippen LogP contribution is 2.35. The average Bonchev–Trinajstić information content (AvgIpc) is 3.29. The summed E-state index contributed by atoms with van der Waals surface area (Å²) in [5.41, 5.74) is 1.15. The van der Waals surface area contributed by atoms with Crippen LogP contribution in [0.25, 0.3) is 0 Å². The topological polar surface area (TPSA) is 15.3 Å². The van der Waals surface area contributed by atoms with Crippen LogP contribution in [-0.2, 0) is 6.54 Å². The number of nitrogens with zero attached hydrogens (tertiary/aromatic N) is 1. The molecule has 1 aliphatic heterocycles. The lowest BCUT2D eigenvalue weighted by molar-refractivity contribution is 0.108. The monoisotopic (exact) mass is 326 g/mol. The van der Waals surface area contributed by atoms with E-state index in [4.69, 9.17) is 23.2 Å². The lowest BCUT2D eigenvalue weighted by Crippen LogP contribution is -2.56. The summed E-state index contributed by atoms with van der Waals surface area (Å²) in [6.45, 7) is 5.41. The van der Waals surface area contributed by atoms with Gasteiger partial charge in [0.15, 0.2) is 0 Å². The molecule has 0 radical (unpaired) electrons. The van der Waals surface area contributed by atoms with Crippen LogP contribution in [0, 0.1) is 5.92 Å². The molecule has 1 heterocycles. The summed E-state index contributed by atoms with van der Waals surface area (Å²) in [6.07, 6.45) is 5.24. The summed E-state index contributed by atoms with van der Waals surface area (Å²) < 4.78 is 0. The molecule has 2 atom stereocenters. The third-order valence-electron chi connectivity index (χ3n) is 4.76. The SMILES string of the molecule is CCCC1CNC(C2CC2)CN1Cc1cc(Cl)ccc1Cl. The smallest absolute Gasteiger partial charge is 0.0452 e. The predicted molar refractivity (Wildman–Crippen MR) is 90.1 cm³/mol. The molecule has 21 heavy (non-hydrogen) atoms. The molecule has 2 fully saturated rings. The molecular formula is C17H24Cl2N2. The molecule has 1 saturated carbocycles. The Morgan fingerprint density at radius 3 is 2.81 bits per heavy atom. The molecule has 0 spiro atoms. The third-order valence-corrected chi connectivity index (χ3v) is 5.36. The molecule has 0 amide bonds. The highest BCUT2D eigenvalue weighted by atomic mass is 35.5. The highest BCUT2D eigenvalue weighted by Gasteiger charge is 2.36. The average molecular weight is 327 g/mol. The predicted octanol–water partition coefficient (Wildman–Crippen LogP) is 4.35. The van der Waals surface area contributed by atoms with Gasteiger partial charge in [0.05, 0.1) is 0 Å². The molecule has 1 aliphatic carbocycles. The van der Waals surface area contributed by atoms with Gasteiger partial charge in [-0.3, -0.25) is 4.90 Å². The largest absolute Gasteiger partial charge is 0.311 e. The van der Waals surface area contributed by atoms with Crippen molar-refractivity contribution in [3.05, 3.63) is 33.8 Å². The molecule has 1 saturated heterocycles. The minimum absolute atomic E-state index is 0.611. The lowest BCUT2D eigenvalue weighted by atomic mass is 10.0. The first-order valence-electron chi connectivity index (χ1n) is 8.08. The standard InChI is InChI=1S/C17H24Cl2N2/c1-2-3-15-9-20-17(12-4-5-12)11-21(15)10-13-8-14(18)6-7-16(13)19/h6-8,12,15,17,20H,2-5,9-11H2,1H3. The van der Waals surface area contributed by atoms with Crippen molar-refractivity contribution < 1.29 is 0 Å². The van der Waals surface area contributed by atoms with Crippen molar-refractivity contribution in [1.29, 1.82) is 0 Å². The summed E-state index contributed by atoms with van der Waals surface area (Å²) >= 11 is 12.5. The molecule has 1 N–H and O–H groups in total. The van der Waals surface area contributed by atoms with Crippen LogP contribution in [0.2, 0.25) is 10.0 Å². The van der Waals surface area contributed by atoms with Gasteiger partial charge in [-0.25, -0.2) is 0 Å². The van der Waals surface area contributed by atoms with E-state index in [-0.39, 0.29) is 0 Å². The van der Waals surface area contributed by atoms with Crippen LogP contribution < -0.4 is 5.32 Å². The second kappa shape index (κ2) is 6.87. The van der Waals surface area contributed by atoms with Crippen LogP contribution in [0.1, 0.15) is 38.2 Å². The number of hydrogen-bond donors (Lipinski definition) is 1. The molecule has 0 aromatic heterocycles. The molecular weight excluding hydrogens is 303 g/mol. The van der Waals surface area contributed by atoms with Crippen LogP contribution >= 0.6 is 23.2 Å². The van der Waals surface area contributed by atoms with E-state index in [1.165, 1.54) is 25.7 Å². The normalized spacial score (nSPS) is 27.0. The second-order valence-electron chi connectivity index (χ2n) is 6.46. The zero-order valence-corrected chi connectivity index (χ0v) is 14.1. The van der Waals surface area contributed by atoms with Crippen LogP contribution in [0.15, 0.2) is 18.2 Å². The van der Waals surface area contributed by atoms with Gasteiger partial charge in [-0.1, -0.05) is 36.5 Å². The van der Waals surface area contributed by atoms with E-state index in [1.807, 2.05) is 18.2 Å². The summed E-state index contributed by atoms with van der Waals surface area (Å²) in [5.74, 6) is 0.893. The maximum Gasteiger partial charge on any atom is 0.0452 e.